The van der Waals surface area contributed by atoms with E-state index in [1.165, 1.54) is 141 Å². The molecular weight excluding hydrogens is 1400 g/mol. The summed E-state index contributed by atoms with van der Waals surface area (Å²) in [5, 5.41) is 11.0. The van der Waals surface area contributed by atoms with Crippen LogP contribution in [0.25, 0.3) is 110 Å². The summed E-state index contributed by atoms with van der Waals surface area (Å²) in [5.41, 5.74) is 25.2. The molecule has 0 aliphatic carbocycles. The molecule has 0 N–H and O–H groups in total. The molecule has 0 aliphatic rings. The summed E-state index contributed by atoms with van der Waals surface area (Å²) < 4.78 is 51.0. The summed E-state index contributed by atoms with van der Waals surface area (Å²) in [5.74, 6) is 0. The van der Waals surface area contributed by atoms with Crippen LogP contribution < -0.4 is 22.8 Å². The molecule has 114 heavy (non-hydrogen) atoms. The molecule has 0 radical (unpaired) electrons. The average Bonchev–Trinajstić information content (AvgIpc) is 0.765. The van der Waals surface area contributed by atoms with Crippen molar-refractivity contribution in [2.75, 3.05) is 0 Å². The molecule has 0 saturated heterocycles. The zero-order valence-corrected chi connectivity index (χ0v) is 71.5. The molecule has 5 aromatic heterocycles. The van der Waals surface area contributed by atoms with Gasteiger partial charge >= 0.3 is 6.18 Å². The van der Waals surface area contributed by atoms with Gasteiger partial charge < -0.3 is 0 Å². The molecule has 9 heteroatoms. The number of nitrogens with zero attached hydrogens (tertiary/aromatic N) is 6. The Morgan fingerprint density at radius 2 is 0.684 bits per heavy atom. The second-order valence-corrected chi connectivity index (χ2v) is 35.8. The largest absolute Gasteiger partial charge is 0.394 e. The Morgan fingerprint density at radius 3 is 1.19 bits per heavy atom. The quantitative estimate of drug-likeness (QED) is 0.126. The van der Waals surface area contributed by atoms with Crippen LogP contribution in [0.4, 0.5) is 13.2 Å². The van der Waals surface area contributed by atoms with Gasteiger partial charge in [-0.05, 0) is 221 Å². The van der Waals surface area contributed by atoms with Crippen LogP contribution in [-0.4, -0.2) is 11.2 Å². The van der Waals surface area contributed by atoms with E-state index in [-0.39, 0.29) is 11.8 Å². The van der Waals surface area contributed by atoms with Gasteiger partial charge in [-0.25, -0.2) is 22.8 Å². The van der Waals surface area contributed by atoms with Crippen molar-refractivity contribution in [3.05, 3.63) is 323 Å². The van der Waals surface area contributed by atoms with Crippen LogP contribution >= 0.6 is 0 Å². The van der Waals surface area contributed by atoms with E-state index in [4.69, 9.17) is 0 Å². The number of hydrogen-bond acceptors (Lipinski definition) is 1. The molecule has 0 atom stereocenters. The molecule has 15 rings (SSSR count). The number of pyridine rings is 4. The first-order valence-corrected chi connectivity index (χ1v) is 40.1. The van der Waals surface area contributed by atoms with Crippen molar-refractivity contribution in [1.29, 1.82) is 0 Å². The van der Waals surface area contributed by atoms with Gasteiger partial charge in [0.05, 0.1) is 39.4 Å². The minimum Gasteiger partial charge on any atom is -0.232 e. The van der Waals surface area contributed by atoms with Gasteiger partial charge in [-0.2, -0.15) is 13.2 Å². The molecule has 0 saturated carbocycles. The van der Waals surface area contributed by atoms with Crippen LogP contribution in [0.15, 0.2) is 268 Å². The average molecular weight is 1520 g/mol. The van der Waals surface area contributed by atoms with Crippen LogP contribution in [-0.2, 0) is 60.9 Å². The SMILES string of the molecule is Cc1ccc(CC(C)(C)C)cc1-c1c2ccccc2cc[n+]1C.Cc1ccc2c(-c3ccccc3C)[n+](C)cnc2c1.Cc1ccccc1-c1c2cc(CC(C)(C)C)ccc2cc[n+]1C.Cc1ccccc1-c1c2cccc(CC(C)(C)C(F)(F)F)c2cc[n+]1C.Cc1ccccc1-c1c2ccccc2c(CC(C)(C)C)c[n+]1C. The molecule has 5 heterocycles. The molecule has 0 spiro atoms. The van der Waals surface area contributed by atoms with Gasteiger partial charge in [0.15, 0.2) is 30.3 Å². The van der Waals surface area contributed by atoms with Crippen molar-refractivity contribution < 1.29 is 36.0 Å². The number of rotatable bonds is 10. The smallest absolute Gasteiger partial charge is 0.232 e. The lowest BCUT2D eigenvalue weighted by molar-refractivity contribution is -0.662. The Kier molecular flexibility index (Phi) is 25.6. The fourth-order valence-electron chi connectivity index (χ4n) is 15.9. The highest BCUT2D eigenvalue weighted by atomic mass is 19.4. The fourth-order valence-corrected chi connectivity index (χ4v) is 15.9. The lowest BCUT2D eigenvalue weighted by Crippen LogP contribution is -2.34. The van der Waals surface area contributed by atoms with E-state index in [0.29, 0.717) is 10.8 Å². The molecule has 15 aromatic rings. The maximum atomic E-state index is 13.4. The van der Waals surface area contributed by atoms with Crippen molar-refractivity contribution >= 4 is 54.0 Å². The van der Waals surface area contributed by atoms with Crippen molar-refractivity contribution in [1.82, 2.24) is 4.98 Å². The molecular formula is C105H118F3N6+5. The Morgan fingerprint density at radius 1 is 0.289 bits per heavy atom. The number of halogens is 3. The van der Waals surface area contributed by atoms with Crippen molar-refractivity contribution in [3.8, 4) is 56.3 Å². The van der Waals surface area contributed by atoms with E-state index in [1.807, 2.05) is 74.5 Å². The molecule has 0 unspecified atom stereocenters. The lowest BCUT2D eigenvalue weighted by Gasteiger charge is -2.28. The number of benzene rings is 10. The minimum atomic E-state index is -4.24. The van der Waals surface area contributed by atoms with E-state index in [1.54, 1.807) is 6.07 Å². The number of alkyl halides is 3. The summed E-state index contributed by atoms with van der Waals surface area (Å²) in [7, 11) is 10.5. The fraction of sp³-hybridized carbons (Fsp3) is 0.295. The maximum Gasteiger partial charge on any atom is 0.394 e. The molecule has 6 nitrogen and oxygen atoms in total. The number of aromatic nitrogens is 6. The molecule has 0 aliphatic heterocycles. The van der Waals surface area contributed by atoms with E-state index in [9.17, 15) is 13.2 Å². The first kappa shape index (κ1) is 83.9. The summed E-state index contributed by atoms with van der Waals surface area (Å²) in [6.07, 6.45) is 9.43. The zero-order chi connectivity index (χ0) is 82.4. The van der Waals surface area contributed by atoms with E-state index < -0.39 is 11.6 Å². The van der Waals surface area contributed by atoms with Crippen LogP contribution in [0.2, 0.25) is 0 Å². The van der Waals surface area contributed by atoms with Crippen molar-refractivity contribution in [3.63, 3.8) is 0 Å². The van der Waals surface area contributed by atoms with Gasteiger partial charge in [0.25, 0.3) is 6.33 Å². The highest BCUT2D eigenvalue weighted by Gasteiger charge is 2.47. The lowest BCUT2D eigenvalue weighted by atomic mass is 9.83. The van der Waals surface area contributed by atoms with Crippen LogP contribution in [0.5, 0.6) is 0 Å². The van der Waals surface area contributed by atoms with E-state index in [2.05, 4.69) is 354 Å². The van der Waals surface area contributed by atoms with Crippen LogP contribution in [0.1, 0.15) is 132 Å². The Hall–Kier alpha value is -11.0. The third kappa shape index (κ3) is 19.9. The summed E-state index contributed by atoms with van der Waals surface area (Å²) in [6.45, 7) is 36.1. The highest BCUT2D eigenvalue weighted by molar-refractivity contribution is 5.98. The number of aryl methyl sites for hydroxylation is 11. The summed E-state index contributed by atoms with van der Waals surface area (Å²) in [4.78, 5) is 4.52. The number of hydrogen-bond donors (Lipinski definition) is 0. The monoisotopic (exact) mass is 1520 g/mol. The van der Waals surface area contributed by atoms with Crippen LogP contribution in [0.3, 0.4) is 0 Å². The molecule has 0 fully saturated rings. The van der Waals surface area contributed by atoms with Crippen molar-refractivity contribution in [2.45, 2.75) is 150 Å². The second kappa shape index (κ2) is 34.7. The Labute approximate surface area is 677 Å². The van der Waals surface area contributed by atoms with Gasteiger partial charge in [0.2, 0.25) is 22.8 Å². The number of fused-ring (bicyclic) bond motifs is 5. The Bertz CT molecular complexity index is 5930. The Balaban J connectivity index is 0.000000141. The zero-order valence-electron chi connectivity index (χ0n) is 71.5. The highest BCUT2D eigenvalue weighted by Crippen LogP contribution is 2.43. The van der Waals surface area contributed by atoms with Crippen LogP contribution in [0, 0.1) is 63.2 Å². The standard InChI is InChI=1S/C22H23F3N.3C22H26N.C17H17N2/c1-15-8-5-6-10-17(15)20-19-11-7-9-16(18(19)12-13-26(20)4)14-21(2,3)22(23,24)25;1-16-10-6-7-11-18(16)21-20-13-9-8-12-19(20)17(15-23(21)5)14-22(2,3)4;1-16-10-11-17(15-22(2,3)4)14-20(16)21-19-9-7-6-8-18(19)12-13-23(21)5;1-16-8-6-7-9-19(16)21-20-14-17(15-22(2,3)4)10-11-18(20)12-13-23(21)5;1-12-8-9-15-16(10-12)18-11-19(3)17(15)14-7-5-4-6-13(14)2/h5-13H,14H2,1-4H3;6-13,15H,14H2,1-5H3;2*6-14H,15H2,1-5H3;4-11H,1-3H3/q5*+1. The van der Waals surface area contributed by atoms with Gasteiger partial charge in [-0.15, -0.1) is 0 Å². The minimum absolute atomic E-state index is 0.0468. The topological polar surface area (TPSA) is 32.3 Å². The third-order valence-corrected chi connectivity index (χ3v) is 21.6. The molecule has 0 amide bonds. The molecule has 584 valence electrons. The van der Waals surface area contributed by atoms with Crippen molar-refractivity contribution in [2.24, 2.45) is 56.9 Å². The molecule has 10 aromatic carbocycles. The summed E-state index contributed by atoms with van der Waals surface area (Å²) in [6, 6.07) is 83.5. The van der Waals surface area contributed by atoms with E-state index in [0.717, 1.165) is 57.9 Å². The first-order chi connectivity index (χ1) is 53.8. The molecule has 0 bridgehead atoms. The first-order valence-electron chi connectivity index (χ1n) is 40.1. The van der Waals surface area contributed by atoms with E-state index >= 15 is 0 Å². The predicted molar refractivity (Wildman–Crippen MR) is 472 cm³/mol. The third-order valence-electron chi connectivity index (χ3n) is 21.6. The second-order valence-electron chi connectivity index (χ2n) is 35.8. The van der Waals surface area contributed by atoms with Gasteiger partial charge in [0.1, 0.15) is 33.9 Å². The maximum absolute atomic E-state index is 13.4. The summed E-state index contributed by atoms with van der Waals surface area (Å²) >= 11 is 0. The van der Waals surface area contributed by atoms with Gasteiger partial charge in [-0.3, -0.25) is 0 Å². The van der Waals surface area contributed by atoms with Gasteiger partial charge in [0, 0.05) is 51.6 Å². The predicted octanol–water partition coefficient (Wildman–Crippen LogP) is 24.8. The normalized spacial score (nSPS) is 11.9. The van der Waals surface area contributed by atoms with Gasteiger partial charge in [-0.1, -0.05) is 234 Å².